The summed E-state index contributed by atoms with van der Waals surface area (Å²) in [6, 6.07) is 10.9. The highest BCUT2D eigenvalue weighted by atomic mass is 32.2. The number of halogens is 1. The number of benzene rings is 2. The average molecular weight is 553 g/mol. The summed E-state index contributed by atoms with van der Waals surface area (Å²) in [5, 5.41) is 9.08. The van der Waals surface area contributed by atoms with Crippen LogP contribution in [0.3, 0.4) is 0 Å². The molecule has 204 valence electrons. The van der Waals surface area contributed by atoms with Gasteiger partial charge in [0.1, 0.15) is 29.4 Å². The van der Waals surface area contributed by atoms with Gasteiger partial charge >= 0.3 is 5.97 Å². The van der Waals surface area contributed by atoms with E-state index in [1.165, 1.54) is 18.2 Å². The molecule has 0 amide bonds. The third-order valence-corrected chi connectivity index (χ3v) is 8.29. The Bertz CT molecular complexity index is 1740. The Labute approximate surface area is 225 Å². The van der Waals surface area contributed by atoms with E-state index in [1.807, 2.05) is 0 Å². The Kier molecular flexibility index (Phi) is 6.37. The first-order valence-electron chi connectivity index (χ1n) is 12.4. The van der Waals surface area contributed by atoms with Gasteiger partial charge in [-0.05, 0) is 65.8 Å². The lowest BCUT2D eigenvalue weighted by atomic mass is 9.99. The molecule has 4 aromatic rings. The van der Waals surface area contributed by atoms with Crippen molar-refractivity contribution in [2.45, 2.75) is 65.1 Å². The highest BCUT2D eigenvalue weighted by Gasteiger charge is 2.36. The smallest absolute Gasteiger partial charge is 0.326 e. The van der Waals surface area contributed by atoms with Gasteiger partial charge in [-0.25, -0.2) is 4.39 Å². The van der Waals surface area contributed by atoms with Crippen LogP contribution in [0.15, 0.2) is 57.0 Å². The number of aromatic nitrogens is 2. The highest BCUT2D eigenvalue weighted by Crippen LogP contribution is 2.36. The normalized spacial score (nSPS) is 14.8. The average Bonchev–Trinajstić information content (AvgIpc) is 3.30. The summed E-state index contributed by atoms with van der Waals surface area (Å²) >= 11 is 0. The molecule has 1 aliphatic heterocycles. The van der Waals surface area contributed by atoms with E-state index in [4.69, 9.17) is 9.26 Å². The van der Waals surface area contributed by atoms with Crippen LogP contribution in [0.4, 0.5) is 4.39 Å². The number of ether oxygens (including phenoxy) is 1. The number of rotatable bonds is 5. The van der Waals surface area contributed by atoms with Crippen LogP contribution in [0.5, 0.6) is 0 Å². The lowest BCUT2D eigenvalue weighted by molar-refractivity contribution is -0.155. The first-order chi connectivity index (χ1) is 18.3. The molecule has 0 spiro atoms. The Morgan fingerprint density at radius 3 is 2.49 bits per heavy atom. The van der Waals surface area contributed by atoms with Crippen LogP contribution in [-0.4, -0.2) is 39.8 Å². The molecule has 0 radical (unpaired) electrons. The fraction of sp³-hybridized carbons (Fsp3) is 0.321. The minimum atomic E-state index is -4.02. The summed E-state index contributed by atoms with van der Waals surface area (Å²) in [4.78, 5) is 12.9. The van der Waals surface area contributed by atoms with E-state index >= 15 is 0 Å². The highest BCUT2D eigenvalue weighted by molar-refractivity contribution is 7.89. The van der Waals surface area contributed by atoms with Crippen LogP contribution in [0.25, 0.3) is 10.9 Å². The summed E-state index contributed by atoms with van der Waals surface area (Å²) in [7, 11) is -4.02. The molecule has 5 rings (SSSR count). The second-order valence-electron chi connectivity index (χ2n) is 10.5. The molecule has 11 heteroatoms. The second kappa shape index (κ2) is 9.33. The van der Waals surface area contributed by atoms with Gasteiger partial charge in [0.25, 0.3) is 10.0 Å². The van der Waals surface area contributed by atoms with E-state index in [9.17, 15) is 17.6 Å². The van der Waals surface area contributed by atoms with E-state index < -0.39 is 27.4 Å². The second-order valence-corrected chi connectivity index (χ2v) is 12.3. The Hall–Kier alpha value is -3.99. The number of sulfonamides is 1. The predicted molar refractivity (Wildman–Crippen MR) is 143 cm³/mol. The van der Waals surface area contributed by atoms with Crippen LogP contribution in [0.1, 0.15) is 54.6 Å². The number of carbonyl (C=O) groups is 1. The van der Waals surface area contributed by atoms with Crippen molar-refractivity contribution in [2.75, 3.05) is 0 Å². The number of hydrogen-bond acceptors (Lipinski definition) is 7. The summed E-state index contributed by atoms with van der Waals surface area (Å²) < 4.78 is 55.4. The summed E-state index contributed by atoms with van der Waals surface area (Å²) in [6.45, 7) is 10.4. The third kappa shape index (κ3) is 4.71. The number of hydrogen-bond donors (Lipinski definition) is 0. The van der Waals surface area contributed by atoms with E-state index in [0.29, 0.717) is 50.5 Å². The number of aryl methyl sites for hydroxylation is 2. The monoisotopic (exact) mass is 552 g/mol. The van der Waals surface area contributed by atoms with Gasteiger partial charge in [-0.3, -0.25) is 4.79 Å². The quantitative estimate of drug-likeness (QED) is 0.323. The van der Waals surface area contributed by atoms with Crippen molar-refractivity contribution in [3.63, 3.8) is 0 Å². The third-order valence-electron chi connectivity index (χ3n) is 6.61. The Morgan fingerprint density at radius 1 is 1.10 bits per heavy atom. The van der Waals surface area contributed by atoms with Gasteiger partial charge in [-0.15, -0.1) is 0 Å². The fourth-order valence-corrected chi connectivity index (χ4v) is 6.26. The van der Waals surface area contributed by atoms with Crippen molar-refractivity contribution in [2.24, 2.45) is 5.10 Å². The zero-order valence-electron chi connectivity index (χ0n) is 22.6. The molecule has 9 nitrogen and oxygen atoms in total. The van der Waals surface area contributed by atoms with Gasteiger partial charge in [-0.2, -0.15) is 17.9 Å². The van der Waals surface area contributed by atoms with Crippen LogP contribution >= 0.6 is 0 Å². The maximum atomic E-state index is 14.6. The number of carbonyl (C=O) groups excluding carboxylic acids is 1. The largest absolute Gasteiger partial charge is 0.459 e. The molecule has 0 saturated heterocycles. The zero-order valence-corrected chi connectivity index (χ0v) is 23.4. The van der Waals surface area contributed by atoms with Crippen molar-refractivity contribution in [3.8, 4) is 0 Å². The van der Waals surface area contributed by atoms with E-state index in [1.54, 1.807) is 70.4 Å². The topological polar surface area (TPSA) is 107 Å². The summed E-state index contributed by atoms with van der Waals surface area (Å²) in [6.07, 6.45) is 0. The number of esters is 1. The molecule has 2 aromatic carbocycles. The van der Waals surface area contributed by atoms with E-state index in [2.05, 4.69) is 10.3 Å². The predicted octanol–water partition coefficient (Wildman–Crippen LogP) is 4.99. The van der Waals surface area contributed by atoms with Gasteiger partial charge < -0.3 is 13.8 Å². The van der Waals surface area contributed by atoms with Gasteiger partial charge in [0.15, 0.2) is 0 Å². The van der Waals surface area contributed by atoms with Crippen molar-refractivity contribution in [1.82, 2.24) is 14.1 Å². The van der Waals surface area contributed by atoms with Crippen molar-refractivity contribution in [3.05, 3.63) is 82.1 Å². The Morgan fingerprint density at radius 2 is 1.82 bits per heavy atom. The summed E-state index contributed by atoms with van der Waals surface area (Å²) in [5.41, 5.74) is 2.97. The fourth-order valence-electron chi connectivity index (χ4n) is 4.85. The molecule has 2 aromatic heterocycles. The van der Waals surface area contributed by atoms with Gasteiger partial charge in [-0.1, -0.05) is 23.4 Å². The van der Waals surface area contributed by atoms with Crippen molar-refractivity contribution < 1.29 is 26.9 Å². The number of fused-ring (bicyclic) bond motifs is 2. The van der Waals surface area contributed by atoms with E-state index in [0.717, 1.165) is 4.41 Å². The van der Waals surface area contributed by atoms with Gasteiger partial charge in [0.05, 0.1) is 17.1 Å². The lowest BCUT2D eigenvalue weighted by Gasteiger charge is -2.27. The van der Waals surface area contributed by atoms with Crippen LogP contribution in [0.2, 0.25) is 0 Å². The van der Waals surface area contributed by atoms with E-state index in [-0.39, 0.29) is 18.0 Å². The van der Waals surface area contributed by atoms with Gasteiger partial charge in [0.2, 0.25) is 0 Å². The Balaban J connectivity index is 1.73. The van der Waals surface area contributed by atoms with Crippen LogP contribution in [-0.2, 0) is 32.6 Å². The maximum Gasteiger partial charge on any atom is 0.326 e. The first-order valence-corrected chi connectivity index (χ1v) is 13.8. The minimum Gasteiger partial charge on any atom is -0.459 e. The van der Waals surface area contributed by atoms with Crippen molar-refractivity contribution in [1.29, 1.82) is 0 Å². The first kappa shape index (κ1) is 26.6. The van der Waals surface area contributed by atoms with Gasteiger partial charge in [0, 0.05) is 33.3 Å². The summed E-state index contributed by atoms with van der Waals surface area (Å²) in [5.74, 6) is -0.430. The molecule has 0 fully saturated rings. The molecule has 0 atom stereocenters. The molecule has 0 unspecified atom stereocenters. The molecule has 1 aliphatic rings. The standard InChI is InChI=1S/C28H29FN4O5S/c1-16-22(18(3)38-31-16)14-33-30-27(20-9-7-8-10-24(20)39(33,35)36)26-17(2)32(15-25(34)37-28(4,5)6)23-12-11-19(29)13-21(23)26/h7-13H,14-15H2,1-6H3. The molecule has 3 heterocycles. The molecule has 0 saturated carbocycles. The molecule has 0 bridgehead atoms. The minimum absolute atomic E-state index is 0.0746. The SMILES string of the molecule is Cc1noc(C)c1CN1N=C(c2c(C)n(CC(=O)OC(C)(C)C)c3ccc(F)cc23)c2ccccc2S1(=O)=O. The number of nitrogens with zero attached hydrogens (tertiary/aromatic N) is 4. The zero-order chi connectivity index (χ0) is 28.3. The van der Waals surface area contributed by atoms with Crippen LogP contribution < -0.4 is 0 Å². The lowest BCUT2D eigenvalue weighted by Crippen LogP contribution is -2.33. The molecular formula is C28H29FN4O5S. The number of hydrazone groups is 1. The molecule has 0 N–H and O–H groups in total. The molecular weight excluding hydrogens is 523 g/mol. The molecule has 0 aliphatic carbocycles. The maximum absolute atomic E-state index is 14.6. The molecule has 39 heavy (non-hydrogen) atoms. The van der Waals surface area contributed by atoms with Crippen LogP contribution in [0, 0.1) is 26.6 Å². The van der Waals surface area contributed by atoms with Crippen molar-refractivity contribution >= 4 is 32.6 Å².